The van der Waals surface area contributed by atoms with Crippen molar-refractivity contribution in [3.8, 4) is 17.2 Å². The van der Waals surface area contributed by atoms with Crippen molar-refractivity contribution < 1.29 is 58.6 Å². The van der Waals surface area contributed by atoms with Crippen LogP contribution in [0.2, 0.25) is 0 Å². The largest absolute Gasteiger partial charge is 0.493 e. The molecule has 310 valence electrons. The molecule has 3 aromatic rings. The van der Waals surface area contributed by atoms with E-state index in [4.69, 9.17) is 45.0 Å². The van der Waals surface area contributed by atoms with E-state index in [1.54, 1.807) is 55.5 Å². The van der Waals surface area contributed by atoms with Gasteiger partial charge in [0, 0.05) is 31.5 Å². The van der Waals surface area contributed by atoms with Crippen LogP contribution in [0.3, 0.4) is 0 Å². The Kier molecular flexibility index (Phi) is 14.8. The van der Waals surface area contributed by atoms with Gasteiger partial charge in [-0.15, -0.1) is 0 Å². The van der Waals surface area contributed by atoms with E-state index in [-0.39, 0.29) is 31.3 Å². The van der Waals surface area contributed by atoms with Crippen LogP contribution in [0, 0.1) is 17.0 Å². The molecule has 1 aromatic carbocycles. The molecular formula is C34H51N9O13. The highest BCUT2D eigenvalue weighted by molar-refractivity contribution is 5.87. The van der Waals surface area contributed by atoms with E-state index >= 15 is 0 Å². The zero-order chi connectivity index (χ0) is 41.5. The van der Waals surface area contributed by atoms with Gasteiger partial charge < -0.3 is 81.1 Å². The molecule has 9 atom stereocenters. The number of hydrogen-bond donors (Lipinski definition) is 8. The molecular weight excluding hydrogens is 742 g/mol. The van der Waals surface area contributed by atoms with Crippen molar-refractivity contribution in [1.29, 1.82) is 0 Å². The Morgan fingerprint density at radius 1 is 1.02 bits per heavy atom. The standard InChI is InChI=1S/C14H18N4O3.C14H24N2O7.C6H9N3O3/c1-19-10-5-8(6-11(20-2)12(10)21-3)4-9-7-17-14(16)18-13(9)15;1-5-4-6(17)14(20)13(21-5)22-12-10(19)7(15-2)9(18)8(16-3)11(12)23-14;1-5-7-4-6(9(11)12)8(5)2-3-10/h5-7H,4H2,1-3H3,(H4,15,16,17,18);5,7-13,15-16,18-20H,4H2,1-3H3;4,10H,2-3H2,1H3/t;5-,7-,8+,9+,10+,11-,12-,13+,14+;/m.1./s1. The molecule has 3 fully saturated rings. The second kappa shape index (κ2) is 18.9. The van der Waals surface area contributed by atoms with Crippen molar-refractivity contribution in [2.45, 2.75) is 87.9 Å². The van der Waals surface area contributed by atoms with Gasteiger partial charge in [0.1, 0.15) is 36.9 Å². The maximum absolute atomic E-state index is 12.2. The quantitative estimate of drug-likeness (QED) is 0.0848. The second-order valence-corrected chi connectivity index (χ2v) is 13.0. The van der Waals surface area contributed by atoms with Crippen LogP contribution in [0.1, 0.15) is 30.3 Å². The lowest BCUT2D eigenvalue weighted by Crippen LogP contribution is -2.77. The fourth-order valence-corrected chi connectivity index (χ4v) is 6.69. The van der Waals surface area contributed by atoms with Crippen molar-refractivity contribution in [3.63, 3.8) is 0 Å². The van der Waals surface area contributed by atoms with Gasteiger partial charge in [0.05, 0.1) is 52.2 Å². The number of imidazole rings is 1. The summed E-state index contributed by atoms with van der Waals surface area (Å²) >= 11 is 0. The van der Waals surface area contributed by atoms with Gasteiger partial charge in [0.25, 0.3) is 5.79 Å². The first-order valence-electron chi connectivity index (χ1n) is 17.5. The predicted molar refractivity (Wildman–Crippen MR) is 197 cm³/mol. The molecule has 0 amide bonds. The highest BCUT2D eigenvalue weighted by Crippen LogP contribution is 2.41. The van der Waals surface area contributed by atoms with E-state index in [1.807, 2.05) is 12.1 Å². The summed E-state index contributed by atoms with van der Waals surface area (Å²) < 4.78 is 34.1. The average molecular weight is 794 g/mol. The minimum absolute atomic E-state index is 0.00220. The third-order valence-corrected chi connectivity index (χ3v) is 9.51. The van der Waals surface area contributed by atoms with Gasteiger partial charge in [-0.25, -0.2) is 14.5 Å². The zero-order valence-electron chi connectivity index (χ0n) is 32.1. The molecule has 10 N–H and O–H groups in total. The van der Waals surface area contributed by atoms with E-state index in [2.05, 4.69) is 25.6 Å². The first kappa shape index (κ1) is 43.9. The van der Waals surface area contributed by atoms with Crippen molar-refractivity contribution in [2.75, 3.05) is 53.5 Å². The molecule has 3 aliphatic rings. The molecule has 0 spiro atoms. The summed E-state index contributed by atoms with van der Waals surface area (Å²) in [5.74, 6) is -0.0767. The lowest BCUT2D eigenvalue weighted by Gasteiger charge is -2.55. The summed E-state index contributed by atoms with van der Waals surface area (Å²) in [6.07, 6.45) is -2.25. The van der Waals surface area contributed by atoms with Gasteiger partial charge in [-0.1, -0.05) is 0 Å². The van der Waals surface area contributed by atoms with Crippen LogP contribution < -0.4 is 36.3 Å². The molecule has 1 aliphatic carbocycles. The smallest absolute Gasteiger partial charge is 0.342 e. The summed E-state index contributed by atoms with van der Waals surface area (Å²) in [6, 6.07) is 2.42. The molecule has 2 aliphatic heterocycles. The number of likely N-dealkylation sites (N-methyl/N-ethyl adjacent to an activating group) is 2. The lowest BCUT2D eigenvalue weighted by atomic mass is 9.80. The van der Waals surface area contributed by atoms with Crippen LogP contribution in [0.5, 0.6) is 17.2 Å². The molecule has 22 nitrogen and oxygen atoms in total. The number of anilines is 2. The van der Waals surface area contributed by atoms with Crippen LogP contribution in [0.25, 0.3) is 0 Å². The highest BCUT2D eigenvalue weighted by atomic mass is 16.8. The number of fused-ring (bicyclic) bond motifs is 2. The van der Waals surface area contributed by atoms with Gasteiger partial charge in [-0.2, -0.15) is 4.98 Å². The van der Waals surface area contributed by atoms with Crippen LogP contribution in [0.4, 0.5) is 17.6 Å². The van der Waals surface area contributed by atoms with Crippen molar-refractivity contribution in [2.24, 2.45) is 0 Å². The number of ether oxygens (including phenoxy) is 6. The maximum Gasteiger partial charge on any atom is 0.342 e. The third kappa shape index (κ3) is 9.25. The molecule has 1 saturated carbocycles. The molecule has 0 bridgehead atoms. The zero-order valence-corrected chi connectivity index (χ0v) is 32.1. The highest BCUT2D eigenvalue weighted by Gasteiger charge is 2.63. The number of nitrogens with one attached hydrogen (secondary N) is 2. The first-order valence-corrected chi connectivity index (χ1v) is 17.5. The molecule has 56 heavy (non-hydrogen) atoms. The van der Waals surface area contributed by atoms with Crippen molar-refractivity contribution in [3.05, 3.63) is 51.6 Å². The Morgan fingerprint density at radius 3 is 2.20 bits per heavy atom. The number of aliphatic hydroxyl groups excluding tert-OH is 3. The summed E-state index contributed by atoms with van der Waals surface area (Å²) in [4.78, 5) is 33.7. The second-order valence-electron chi connectivity index (χ2n) is 13.0. The van der Waals surface area contributed by atoms with E-state index < -0.39 is 65.4 Å². The average Bonchev–Trinajstić information content (AvgIpc) is 3.53. The van der Waals surface area contributed by atoms with Crippen LogP contribution >= 0.6 is 0 Å². The fraction of sp³-hybridized carbons (Fsp3) is 0.588. The van der Waals surface area contributed by atoms with E-state index in [9.17, 15) is 30.2 Å². The monoisotopic (exact) mass is 793 g/mol. The SMILES string of the molecule is CN[C@@H]1[C@H](O)[C@H](NC)[C@H]2O[C@@]3(O)C(=O)C[C@@H](C)O[C@H]3O[C@@H]2[C@H]1O.COc1cc(Cc2cnc(N)nc2N)cc(OC)c1OC.Cc1ncc([N+](=O)[O-])n1CCO. The summed E-state index contributed by atoms with van der Waals surface area (Å²) in [5, 5.41) is 56.2. The number of nitrogen functional groups attached to an aromatic ring is 2. The number of carbonyl (C=O) groups excluding carboxylic acids is 1. The number of hydrogen-bond acceptors (Lipinski definition) is 20. The summed E-state index contributed by atoms with van der Waals surface area (Å²) in [5.41, 5.74) is 13.1. The number of aromatic nitrogens is 4. The van der Waals surface area contributed by atoms with E-state index in [0.29, 0.717) is 35.3 Å². The van der Waals surface area contributed by atoms with Crippen LogP contribution in [-0.2, 0) is 32.0 Å². The Morgan fingerprint density at radius 2 is 1.66 bits per heavy atom. The Balaban J connectivity index is 0.000000196. The van der Waals surface area contributed by atoms with Gasteiger partial charge >= 0.3 is 5.82 Å². The summed E-state index contributed by atoms with van der Waals surface area (Å²) in [6.45, 7) is 3.43. The molecule has 22 heteroatoms. The van der Waals surface area contributed by atoms with Gasteiger partial charge in [-0.05, 0) is 43.6 Å². The number of carbonyl (C=O) groups is 1. The number of nitrogens with two attached hydrogens (primary N) is 2. The number of aryl methyl sites for hydroxylation is 1. The number of methoxy groups -OCH3 is 3. The van der Waals surface area contributed by atoms with Gasteiger partial charge in [0.15, 0.2) is 23.1 Å². The van der Waals surface area contributed by atoms with Crippen LogP contribution in [-0.4, -0.2) is 147 Å². The first-order chi connectivity index (χ1) is 26.6. The molecule has 6 rings (SSSR count). The van der Waals surface area contributed by atoms with Crippen molar-refractivity contribution >= 4 is 23.4 Å². The Labute approximate surface area is 322 Å². The maximum atomic E-state index is 12.2. The Hall–Kier alpha value is -4.78. The van der Waals surface area contributed by atoms with Crippen molar-refractivity contribution in [1.82, 2.24) is 30.2 Å². The molecule has 2 aromatic heterocycles. The molecule has 0 radical (unpaired) electrons. The number of benzene rings is 1. The lowest BCUT2D eigenvalue weighted by molar-refractivity contribution is -0.420. The number of ketones is 1. The topological polar surface area (TPSA) is 316 Å². The fourth-order valence-electron chi connectivity index (χ4n) is 6.69. The minimum Gasteiger partial charge on any atom is -0.493 e. The van der Waals surface area contributed by atoms with Crippen LogP contribution in [0.15, 0.2) is 24.5 Å². The minimum atomic E-state index is -2.23. The third-order valence-electron chi connectivity index (χ3n) is 9.51. The number of Topliss-reactive ketones (excluding diaryl/α,β-unsaturated/α-hetero) is 1. The number of nitrogens with zero attached hydrogens (tertiary/aromatic N) is 5. The normalized spacial score (nSPS) is 28.0. The Bertz CT molecular complexity index is 1790. The molecule has 2 saturated heterocycles. The summed E-state index contributed by atoms with van der Waals surface area (Å²) in [7, 11) is 7.94. The predicted octanol–water partition coefficient (Wildman–Crippen LogP) is -1.58. The van der Waals surface area contributed by atoms with E-state index in [0.717, 1.165) is 11.1 Å². The molecule has 4 heterocycles. The van der Waals surface area contributed by atoms with E-state index in [1.165, 1.54) is 10.8 Å². The number of aliphatic hydroxyl groups is 4. The number of nitro groups is 1. The molecule has 0 unspecified atom stereocenters. The van der Waals surface area contributed by atoms with Gasteiger partial charge in [-0.3, -0.25) is 4.79 Å². The van der Waals surface area contributed by atoms with Gasteiger partial charge in [0.2, 0.25) is 18.0 Å². The number of rotatable bonds is 10.